The molecule has 0 aliphatic rings. The molecule has 0 amide bonds. The molecule has 26 heavy (non-hydrogen) atoms. The number of nitrogens with zero attached hydrogens (tertiary/aromatic N) is 3. The summed E-state index contributed by atoms with van der Waals surface area (Å²) in [5.74, 6) is -4.19. The average Bonchev–Trinajstić information content (AvgIpc) is 2.96. The van der Waals surface area contributed by atoms with Gasteiger partial charge in [0.05, 0.1) is 30.8 Å². The minimum absolute atomic E-state index is 0.0751. The van der Waals surface area contributed by atoms with Crippen molar-refractivity contribution in [2.24, 2.45) is 5.16 Å². The van der Waals surface area contributed by atoms with Crippen molar-refractivity contribution in [3.8, 4) is 5.69 Å². The van der Waals surface area contributed by atoms with E-state index in [0.29, 0.717) is 6.92 Å². The number of rotatable bonds is 5. The number of carbonyl (C=O) groups is 1. The largest absolute Gasteiger partial charge is 0.465 e. The molecular formula is C16H13Cl2F2N3O3. The molecule has 138 valence electrons. The lowest BCUT2D eigenvalue weighted by atomic mass is 10.1. The summed E-state index contributed by atoms with van der Waals surface area (Å²) in [4.78, 5) is 11.7. The highest BCUT2D eigenvalue weighted by Crippen LogP contribution is 2.34. The Labute approximate surface area is 157 Å². The molecule has 10 heteroatoms. The van der Waals surface area contributed by atoms with Crippen molar-refractivity contribution in [2.75, 3.05) is 7.11 Å². The van der Waals surface area contributed by atoms with Gasteiger partial charge in [0.15, 0.2) is 0 Å². The molecule has 6 nitrogen and oxygen atoms in total. The second-order valence-corrected chi connectivity index (χ2v) is 6.09. The van der Waals surface area contributed by atoms with Gasteiger partial charge in [0.2, 0.25) is 0 Å². The zero-order valence-electron chi connectivity index (χ0n) is 13.6. The second-order valence-electron chi connectivity index (χ2n) is 5.21. The molecule has 0 bridgehead atoms. The highest BCUT2D eigenvalue weighted by molar-refractivity contribution is 6.34. The normalized spacial score (nSPS) is 12.6. The van der Waals surface area contributed by atoms with E-state index in [4.69, 9.17) is 28.4 Å². The average molecular weight is 404 g/mol. The number of carbonyl (C=O) groups excluding carboxylic acids is 1. The molecule has 0 aliphatic heterocycles. The Morgan fingerprint density at radius 3 is 2.46 bits per heavy atom. The van der Waals surface area contributed by atoms with E-state index in [9.17, 15) is 13.6 Å². The van der Waals surface area contributed by atoms with Crippen LogP contribution in [0, 0.1) is 0 Å². The predicted molar refractivity (Wildman–Crippen MR) is 93.4 cm³/mol. The van der Waals surface area contributed by atoms with Crippen LogP contribution in [0.25, 0.3) is 11.8 Å². The van der Waals surface area contributed by atoms with Crippen LogP contribution < -0.4 is 0 Å². The monoisotopic (exact) mass is 403 g/mol. The fourth-order valence-corrected chi connectivity index (χ4v) is 2.77. The van der Waals surface area contributed by atoms with E-state index >= 15 is 0 Å². The highest BCUT2D eigenvalue weighted by atomic mass is 35.5. The summed E-state index contributed by atoms with van der Waals surface area (Å²) in [6.07, 6.45) is 2.99. The van der Waals surface area contributed by atoms with Crippen molar-refractivity contribution in [3.05, 3.63) is 51.3 Å². The molecule has 0 aliphatic carbocycles. The zero-order valence-corrected chi connectivity index (χ0v) is 15.1. The van der Waals surface area contributed by atoms with Gasteiger partial charge < -0.3 is 9.94 Å². The summed E-state index contributed by atoms with van der Waals surface area (Å²) >= 11 is 11.9. The van der Waals surface area contributed by atoms with Crippen molar-refractivity contribution < 1.29 is 23.5 Å². The first-order valence-electron chi connectivity index (χ1n) is 7.07. The quantitative estimate of drug-likeness (QED) is 0.265. The summed E-state index contributed by atoms with van der Waals surface area (Å²) < 4.78 is 34.0. The van der Waals surface area contributed by atoms with Gasteiger partial charge in [0.25, 0.3) is 5.92 Å². The van der Waals surface area contributed by atoms with E-state index in [1.54, 1.807) is 0 Å². The standard InChI is InChI=1S/C16H13Cl2F2N3O3/c1-16(19,20)14-9(3-10(8-22-25)15(24)26-2)7-21-23(14)13-5-11(17)4-12(18)6-13/h3-8,25H,1-2H3/b10-3-,22-8-. The Kier molecular flexibility index (Phi) is 5.99. The maximum Gasteiger partial charge on any atom is 0.339 e. The number of methoxy groups -OCH3 is 1. The number of hydrogen-bond acceptors (Lipinski definition) is 5. The molecule has 0 saturated carbocycles. The Hall–Kier alpha value is -2.45. The van der Waals surface area contributed by atoms with Crippen molar-refractivity contribution >= 4 is 41.5 Å². The Morgan fingerprint density at radius 1 is 1.35 bits per heavy atom. The Balaban J connectivity index is 2.70. The summed E-state index contributed by atoms with van der Waals surface area (Å²) in [6.45, 7) is 0.682. The molecule has 0 atom stereocenters. The van der Waals surface area contributed by atoms with E-state index in [-0.39, 0.29) is 26.9 Å². The number of alkyl halides is 2. The molecule has 0 saturated heterocycles. The molecule has 0 fully saturated rings. The van der Waals surface area contributed by atoms with Crippen LogP contribution in [0.3, 0.4) is 0 Å². The molecule has 1 N–H and O–H groups in total. The molecule has 0 radical (unpaired) electrons. The van der Waals surface area contributed by atoms with E-state index in [0.717, 1.165) is 30.3 Å². The minimum atomic E-state index is -3.32. The molecule has 0 spiro atoms. The second kappa shape index (κ2) is 7.84. The van der Waals surface area contributed by atoms with Gasteiger partial charge in [0, 0.05) is 22.5 Å². The minimum Gasteiger partial charge on any atom is -0.465 e. The first-order valence-corrected chi connectivity index (χ1v) is 7.83. The van der Waals surface area contributed by atoms with Gasteiger partial charge in [-0.1, -0.05) is 28.4 Å². The highest BCUT2D eigenvalue weighted by Gasteiger charge is 2.33. The fourth-order valence-electron chi connectivity index (χ4n) is 2.26. The van der Waals surface area contributed by atoms with E-state index in [2.05, 4.69) is 15.0 Å². The number of benzene rings is 1. The molecule has 0 unspecified atom stereocenters. The van der Waals surface area contributed by atoms with Gasteiger partial charge in [-0.2, -0.15) is 13.9 Å². The van der Waals surface area contributed by atoms with Crippen LogP contribution in [0.5, 0.6) is 0 Å². The van der Waals surface area contributed by atoms with Gasteiger partial charge in [0.1, 0.15) is 5.69 Å². The maximum absolute atomic E-state index is 14.3. The number of halogens is 4. The van der Waals surface area contributed by atoms with Gasteiger partial charge in [-0.25, -0.2) is 9.48 Å². The topological polar surface area (TPSA) is 76.7 Å². The molecule has 2 rings (SSSR count). The third-order valence-corrected chi connectivity index (χ3v) is 3.67. The number of ether oxygens (including phenoxy) is 1. The predicted octanol–water partition coefficient (Wildman–Crippen LogP) is 4.31. The lowest BCUT2D eigenvalue weighted by molar-refractivity contribution is -0.135. The van der Waals surface area contributed by atoms with Crippen LogP contribution in [0.1, 0.15) is 18.2 Å². The maximum atomic E-state index is 14.3. The molecule has 1 heterocycles. The number of esters is 1. The van der Waals surface area contributed by atoms with Crippen molar-refractivity contribution in [1.29, 1.82) is 0 Å². The third kappa shape index (κ3) is 4.39. The van der Waals surface area contributed by atoms with Crippen LogP contribution in [-0.4, -0.2) is 34.3 Å². The van der Waals surface area contributed by atoms with Crippen LogP contribution in [0.2, 0.25) is 10.0 Å². The summed E-state index contributed by atoms with van der Waals surface area (Å²) in [5.41, 5.74) is -0.615. The molecule has 1 aromatic heterocycles. The van der Waals surface area contributed by atoms with Crippen LogP contribution in [0.15, 0.2) is 35.1 Å². The summed E-state index contributed by atoms with van der Waals surface area (Å²) in [5, 5.41) is 15.8. The van der Waals surface area contributed by atoms with Gasteiger partial charge in [-0.15, -0.1) is 0 Å². The first kappa shape index (κ1) is 19.9. The van der Waals surface area contributed by atoms with E-state index < -0.39 is 17.6 Å². The van der Waals surface area contributed by atoms with Crippen molar-refractivity contribution in [3.63, 3.8) is 0 Å². The number of oxime groups is 1. The lowest BCUT2D eigenvalue weighted by Crippen LogP contribution is -2.16. The van der Waals surface area contributed by atoms with Crippen molar-refractivity contribution in [2.45, 2.75) is 12.8 Å². The lowest BCUT2D eigenvalue weighted by Gasteiger charge is -2.15. The number of hydrogen-bond donors (Lipinski definition) is 1. The van der Waals surface area contributed by atoms with Crippen molar-refractivity contribution in [1.82, 2.24) is 9.78 Å². The fraction of sp³-hybridized carbons (Fsp3) is 0.188. The molecule has 2 aromatic rings. The Morgan fingerprint density at radius 2 is 1.96 bits per heavy atom. The Bertz CT molecular complexity index is 869. The smallest absolute Gasteiger partial charge is 0.339 e. The van der Waals surface area contributed by atoms with E-state index in [1.807, 2.05) is 0 Å². The SMILES string of the molecule is COC(=O)C(/C=N\O)=C\c1cnn(-c2cc(Cl)cc(Cl)c2)c1C(C)(F)F. The summed E-state index contributed by atoms with van der Waals surface area (Å²) in [6, 6.07) is 4.28. The molecular weight excluding hydrogens is 391 g/mol. The van der Waals surface area contributed by atoms with Crippen LogP contribution in [-0.2, 0) is 15.5 Å². The third-order valence-electron chi connectivity index (χ3n) is 3.23. The van der Waals surface area contributed by atoms with Crippen LogP contribution in [0.4, 0.5) is 8.78 Å². The summed E-state index contributed by atoms with van der Waals surface area (Å²) in [7, 11) is 1.11. The van der Waals surface area contributed by atoms with E-state index in [1.165, 1.54) is 18.2 Å². The van der Waals surface area contributed by atoms with Crippen LogP contribution >= 0.6 is 23.2 Å². The van der Waals surface area contributed by atoms with Gasteiger partial charge in [-0.05, 0) is 24.3 Å². The molecule has 1 aromatic carbocycles. The van der Waals surface area contributed by atoms with Gasteiger partial charge in [-0.3, -0.25) is 0 Å². The number of aromatic nitrogens is 2. The van der Waals surface area contributed by atoms with Gasteiger partial charge >= 0.3 is 5.97 Å². The zero-order chi connectivity index (χ0) is 19.5. The first-order chi connectivity index (χ1) is 12.2.